The molecule has 4 rings (SSSR count). The zero-order chi connectivity index (χ0) is 24.1. The predicted octanol–water partition coefficient (Wildman–Crippen LogP) is 2.75. The van der Waals surface area contributed by atoms with Crippen LogP contribution in [0.2, 0.25) is 0 Å². The third kappa shape index (κ3) is 5.48. The van der Waals surface area contributed by atoms with E-state index in [9.17, 15) is 9.59 Å². The maximum atomic E-state index is 12.4. The number of Topliss-reactive ketones (excluding diaryl/α,β-unsaturated/α-hetero) is 2. The summed E-state index contributed by atoms with van der Waals surface area (Å²) >= 11 is 0. The van der Waals surface area contributed by atoms with Crippen LogP contribution in [0.4, 0.5) is 5.95 Å². The van der Waals surface area contributed by atoms with Crippen LogP contribution in [0.5, 0.6) is 0 Å². The molecule has 34 heavy (non-hydrogen) atoms. The van der Waals surface area contributed by atoms with Crippen LogP contribution in [0.25, 0.3) is 22.4 Å². The number of nitrogens with zero attached hydrogens (tertiary/aromatic N) is 5. The average molecular weight is 466 g/mol. The van der Waals surface area contributed by atoms with Crippen LogP contribution in [-0.4, -0.2) is 69.1 Å². The van der Waals surface area contributed by atoms with E-state index < -0.39 is 6.61 Å². The van der Waals surface area contributed by atoms with E-state index in [1.54, 1.807) is 6.33 Å². The number of hydrogen-bond acceptors (Lipinski definition) is 8. The zero-order valence-electron chi connectivity index (χ0n) is 19.7. The van der Waals surface area contributed by atoms with Gasteiger partial charge < -0.3 is 19.3 Å². The summed E-state index contributed by atoms with van der Waals surface area (Å²) in [6.45, 7) is 6.46. The lowest BCUT2D eigenvalue weighted by molar-refractivity contribution is -0.122. The van der Waals surface area contributed by atoms with E-state index in [-0.39, 0.29) is 30.4 Å². The minimum atomic E-state index is -0.470. The average Bonchev–Trinajstić information content (AvgIpc) is 3.28. The smallest absolute Gasteiger partial charge is 0.228 e. The van der Waals surface area contributed by atoms with Gasteiger partial charge in [-0.1, -0.05) is 18.2 Å². The molecular formula is C25H31N5O4. The summed E-state index contributed by atoms with van der Waals surface area (Å²) in [6.07, 6.45) is 3.08. The van der Waals surface area contributed by atoms with Crippen molar-refractivity contribution in [3.8, 4) is 11.3 Å². The number of carbonyl (C=O) groups is 2. The van der Waals surface area contributed by atoms with Crippen molar-refractivity contribution in [2.45, 2.75) is 45.6 Å². The molecule has 3 heterocycles. The monoisotopic (exact) mass is 465 g/mol. The number of hydrogen-bond donors (Lipinski definition) is 1. The van der Waals surface area contributed by atoms with Gasteiger partial charge in [-0.2, -0.15) is 4.98 Å². The number of fused-ring (bicyclic) bond motifs is 1. The van der Waals surface area contributed by atoms with Crippen LogP contribution in [0.3, 0.4) is 0 Å². The van der Waals surface area contributed by atoms with Gasteiger partial charge in [0.25, 0.3) is 0 Å². The van der Waals surface area contributed by atoms with Crippen LogP contribution >= 0.6 is 0 Å². The topological polar surface area (TPSA) is 110 Å². The lowest BCUT2D eigenvalue weighted by atomic mass is 10.0. The van der Waals surface area contributed by atoms with Gasteiger partial charge in [0.1, 0.15) is 23.6 Å². The Balaban J connectivity index is 1.63. The van der Waals surface area contributed by atoms with E-state index >= 15 is 0 Å². The number of morpholine rings is 1. The van der Waals surface area contributed by atoms with Crippen molar-refractivity contribution >= 4 is 28.7 Å². The molecule has 0 saturated carbocycles. The summed E-state index contributed by atoms with van der Waals surface area (Å²) in [5, 5.41) is 8.82. The maximum absolute atomic E-state index is 12.4. The minimum Gasteiger partial charge on any atom is -0.389 e. The van der Waals surface area contributed by atoms with Crippen LogP contribution < -0.4 is 4.90 Å². The molecule has 1 aliphatic heterocycles. The number of benzene rings is 1. The Morgan fingerprint density at radius 1 is 1.12 bits per heavy atom. The fraction of sp³-hybridized carbons (Fsp3) is 0.480. The minimum absolute atomic E-state index is 0.0637. The molecule has 0 spiro atoms. The molecule has 1 saturated heterocycles. The lowest BCUT2D eigenvalue weighted by Gasteiger charge is -2.27. The van der Waals surface area contributed by atoms with Crippen molar-refractivity contribution in [1.29, 1.82) is 0 Å². The van der Waals surface area contributed by atoms with E-state index in [1.165, 1.54) is 0 Å². The third-order valence-corrected chi connectivity index (χ3v) is 5.95. The highest BCUT2D eigenvalue weighted by molar-refractivity contribution is 5.89. The predicted molar refractivity (Wildman–Crippen MR) is 129 cm³/mol. The van der Waals surface area contributed by atoms with Crippen molar-refractivity contribution in [3.63, 3.8) is 0 Å². The molecular weight excluding hydrogens is 434 g/mol. The Morgan fingerprint density at radius 2 is 1.88 bits per heavy atom. The summed E-state index contributed by atoms with van der Waals surface area (Å²) in [5.74, 6) is 0.483. The van der Waals surface area contributed by atoms with Crippen LogP contribution in [0, 0.1) is 0 Å². The molecule has 0 atom stereocenters. The van der Waals surface area contributed by atoms with Gasteiger partial charge in [-0.3, -0.25) is 9.59 Å². The lowest BCUT2D eigenvalue weighted by Crippen LogP contribution is -2.37. The first-order valence-corrected chi connectivity index (χ1v) is 11.8. The molecule has 1 aliphatic rings. The third-order valence-electron chi connectivity index (χ3n) is 5.95. The van der Waals surface area contributed by atoms with Gasteiger partial charge in [-0.05, 0) is 31.9 Å². The van der Waals surface area contributed by atoms with E-state index in [4.69, 9.17) is 19.8 Å². The molecule has 0 unspecified atom stereocenters. The number of rotatable bonds is 10. The van der Waals surface area contributed by atoms with Crippen LogP contribution in [0.15, 0.2) is 30.6 Å². The van der Waals surface area contributed by atoms with Gasteiger partial charge in [-0.25, -0.2) is 9.97 Å². The molecule has 3 aromatic rings. The standard InChI is InChI=1S/C25H31N5O4/c1-17(2)30-16-26-23-22(27-25(28-24(23)30)29-9-11-34-12-10-29)19-6-3-5-18(13-19)14-20(32)7-4-8-21(33)15-31/h3,5-6,13,16-17,31H,4,7-12,14-15H2,1-2H3. The normalized spacial score (nSPS) is 14.2. The van der Waals surface area contributed by atoms with Gasteiger partial charge in [-0.15, -0.1) is 0 Å². The Kier molecular flexibility index (Phi) is 7.64. The number of carbonyl (C=O) groups excluding carboxylic acids is 2. The largest absolute Gasteiger partial charge is 0.389 e. The molecule has 2 aromatic heterocycles. The first-order valence-electron chi connectivity index (χ1n) is 11.8. The van der Waals surface area contributed by atoms with E-state index in [2.05, 4.69) is 23.7 Å². The van der Waals surface area contributed by atoms with Gasteiger partial charge in [0.2, 0.25) is 5.95 Å². The molecule has 1 fully saturated rings. The SMILES string of the molecule is CC(C)n1cnc2c(-c3cccc(CC(=O)CCCC(=O)CO)c3)nc(N3CCOCC3)nc21. The molecule has 9 nitrogen and oxygen atoms in total. The summed E-state index contributed by atoms with van der Waals surface area (Å²) in [6, 6.07) is 8.01. The van der Waals surface area contributed by atoms with Gasteiger partial charge in [0.05, 0.1) is 19.5 Å². The van der Waals surface area contributed by atoms with Gasteiger partial charge in [0.15, 0.2) is 11.4 Å². The summed E-state index contributed by atoms with van der Waals surface area (Å²) in [5.41, 5.74) is 4.04. The quantitative estimate of drug-likeness (QED) is 0.487. The van der Waals surface area contributed by atoms with Crippen molar-refractivity contribution in [2.24, 2.45) is 0 Å². The van der Waals surface area contributed by atoms with Crippen molar-refractivity contribution in [2.75, 3.05) is 37.8 Å². The molecule has 180 valence electrons. The number of imidazole rings is 1. The molecule has 9 heteroatoms. The number of anilines is 1. The number of aromatic nitrogens is 4. The number of aliphatic hydroxyl groups is 1. The van der Waals surface area contributed by atoms with Crippen LogP contribution in [-0.2, 0) is 20.7 Å². The Hall–Kier alpha value is -3.17. The summed E-state index contributed by atoms with van der Waals surface area (Å²) in [7, 11) is 0. The Labute approximate surface area is 198 Å². The molecule has 0 aliphatic carbocycles. The highest BCUT2D eigenvalue weighted by Gasteiger charge is 2.21. The molecule has 0 bridgehead atoms. The highest BCUT2D eigenvalue weighted by atomic mass is 16.5. The van der Waals surface area contributed by atoms with E-state index in [0.717, 1.165) is 41.1 Å². The fourth-order valence-electron chi connectivity index (χ4n) is 4.10. The number of ether oxygens (including phenoxy) is 1. The molecule has 0 radical (unpaired) electrons. The number of aliphatic hydroxyl groups excluding tert-OH is 1. The fourth-order valence-corrected chi connectivity index (χ4v) is 4.10. The molecule has 1 N–H and O–H groups in total. The number of ketones is 2. The first-order chi connectivity index (χ1) is 16.5. The van der Waals surface area contributed by atoms with Gasteiger partial charge >= 0.3 is 0 Å². The first kappa shape index (κ1) is 24.0. The van der Waals surface area contributed by atoms with Crippen LogP contribution in [0.1, 0.15) is 44.7 Å². The Morgan fingerprint density at radius 3 is 2.62 bits per heavy atom. The Bertz CT molecular complexity index is 1170. The van der Waals surface area contributed by atoms with Crippen molar-refractivity contribution < 1.29 is 19.4 Å². The maximum Gasteiger partial charge on any atom is 0.228 e. The van der Waals surface area contributed by atoms with E-state index in [1.807, 2.05) is 28.8 Å². The second-order valence-corrected chi connectivity index (χ2v) is 8.86. The molecule has 1 aromatic carbocycles. The second-order valence-electron chi connectivity index (χ2n) is 8.86. The van der Waals surface area contributed by atoms with Gasteiger partial charge in [0, 0.05) is 44.0 Å². The zero-order valence-corrected chi connectivity index (χ0v) is 19.7. The molecule has 0 amide bonds. The van der Waals surface area contributed by atoms with E-state index in [0.29, 0.717) is 32.0 Å². The summed E-state index contributed by atoms with van der Waals surface area (Å²) in [4.78, 5) is 40.2. The van der Waals surface area contributed by atoms with Crippen molar-refractivity contribution in [3.05, 3.63) is 36.2 Å². The van der Waals surface area contributed by atoms with Crippen molar-refractivity contribution in [1.82, 2.24) is 19.5 Å². The summed E-state index contributed by atoms with van der Waals surface area (Å²) < 4.78 is 7.54. The highest BCUT2D eigenvalue weighted by Crippen LogP contribution is 2.30. The second kappa shape index (κ2) is 10.8.